The number of benzene rings is 1. The lowest BCUT2D eigenvalue weighted by Gasteiger charge is -2.15. The van der Waals surface area contributed by atoms with Crippen molar-refractivity contribution in [2.75, 3.05) is 18.4 Å². The highest BCUT2D eigenvalue weighted by Crippen LogP contribution is 2.21. The Labute approximate surface area is 158 Å². The molecule has 8 heteroatoms. The Morgan fingerprint density at radius 2 is 1.81 bits per heavy atom. The van der Waals surface area contributed by atoms with Gasteiger partial charge in [0.1, 0.15) is 5.82 Å². The van der Waals surface area contributed by atoms with Crippen LogP contribution in [0.2, 0.25) is 5.02 Å². The van der Waals surface area contributed by atoms with Crippen molar-refractivity contribution in [1.29, 1.82) is 0 Å². The average Bonchev–Trinajstić information content (AvgIpc) is 3.18. The summed E-state index contributed by atoms with van der Waals surface area (Å²) in [6.45, 7) is 1.17. The molecular formula is C18H20ClN3O3S. The molecule has 1 saturated heterocycles. The number of aromatic nitrogens is 1. The van der Waals surface area contributed by atoms with Crippen molar-refractivity contribution in [1.82, 2.24) is 9.29 Å². The van der Waals surface area contributed by atoms with Gasteiger partial charge in [0.15, 0.2) is 0 Å². The maximum absolute atomic E-state index is 12.5. The van der Waals surface area contributed by atoms with Gasteiger partial charge in [-0.1, -0.05) is 23.7 Å². The molecule has 0 aliphatic carbocycles. The molecule has 1 aromatic heterocycles. The van der Waals surface area contributed by atoms with Crippen LogP contribution >= 0.6 is 11.6 Å². The normalized spacial score (nSPS) is 15.1. The summed E-state index contributed by atoms with van der Waals surface area (Å²) >= 11 is 5.75. The van der Waals surface area contributed by atoms with Crippen molar-refractivity contribution in [3.8, 4) is 0 Å². The van der Waals surface area contributed by atoms with Crippen LogP contribution in [0.4, 0.5) is 5.82 Å². The summed E-state index contributed by atoms with van der Waals surface area (Å²) in [7, 11) is -3.40. The standard InChI is InChI=1S/C18H20ClN3O3S/c19-15-6-9-17(20-13-15)21-18(23)10-5-14-3-7-16(8-4-14)26(24,25)22-11-1-2-12-22/h3-4,6-9,13H,1-2,5,10-12H2,(H,20,21,23). The molecule has 1 aliphatic heterocycles. The molecular weight excluding hydrogens is 374 g/mol. The van der Waals surface area contributed by atoms with Crippen LogP contribution in [0.15, 0.2) is 47.5 Å². The molecule has 2 heterocycles. The fraction of sp³-hybridized carbons (Fsp3) is 0.333. The van der Waals surface area contributed by atoms with Crippen LogP contribution < -0.4 is 5.32 Å². The van der Waals surface area contributed by atoms with Gasteiger partial charge in [-0.3, -0.25) is 4.79 Å². The van der Waals surface area contributed by atoms with E-state index in [0.717, 1.165) is 18.4 Å². The quantitative estimate of drug-likeness (QED) is 0.817. The number of sulfonamides is 1. The fourth-order valence-electron chi connectivity index (χ4n) is 2.82. The third-order valence-corrected chi connectivity index (χ3v) is 6.40. The maximum Gasteiger partial charge on any atom is 0.243 e. The number of hydrogen-bond acceptors (Lipinski definition) is 4. The van der Waals surface area contributed by atoms with Gasteiger partial charge in [-0.15, -0.1) is 0 Å². The number of nitrogens with one attached hydrogen (secondary N) is 1. The molecule has 0 bridgehead atoms. The topological polar surface area (TPSA) is 79.4 Å². The minimum Gasteiger partial charge on any atom is -0.311 e. The van der Waals surface area contributed by atoms with Crippen LogP contribution in [0.25, 0.3) is 0 Å². The summed E-state index contributed by atoms with van der Waals surface area (Å²) in [5.41, 5.74) is 0.907. The smallest absolute Gasteiger partial charge is 0.243 e. The van der Waals surface area contributed by atoms with Crippen molar-refractivity contribution in [2.24, 2.45) is 0 Å². The lowest BCUT2D eigenvalue weighted by molar-refractivity contribution is -0.116. The maximum atomic E-state index is 12.5. The molecule has 0 unspecified atom stereocenters. The van der Waals surface area contributed by atoms with Gasteiger partial charge in [0.2, 0.25) is 15.9 Å². The number of carbonyl (C=O) groups excluding carboxylic acids is 1. The van der Waals surface area contributed by atoms with Gasteiger partial charge < -0.3 is 5.32 Å². The summed E-state index contributed by atoms with van der Waals surface area (Å²) in [6.07, 6.45) is 4.09. The lowest BCUT2D eigenvalue weighted by Crippen LogP contribution is -2.27. The zero-order chi connectivity index (χ0) is 18.6. The molecule has 2 aromatic rings. The molecule has 1 aliphatic rings. The number of aryl methyl sites for hydroxylation is 1. The highest BCUT2D eigenvalue weighted by atomic mass is 35.5. The number of nitrogens with zero attached hydrogens (tertiary/aromatic N) is 2. The Morgan fingerprint density at radius 3 is 2.42 bits per heavy atom. The van der Waals surface area contributed by atoms with Crippen molar-refractivity contribution < 1.29 is 13.2 Å². The molecule has 1 fully saturated rings. The number of hydrogen-bond donors (Lipinski definition) is 1. The van der Waals surface area contributed by atoms with Gasteiger partial charge >= 0.3 is 0 Å². The summed E-state index contributed by atoms with van der Waals surface area (Å²) in [4.78, 5) is 16.3. The second kappa shape index (κ2) is 8.16. The van der Waals surface area contributed by atoms with E-state index < -0.39 is 10.0 Å². The molecule has 0 atom stereocenters. The van der Waals surface area contributed by atoms with Crippen LogP contribution in [0, 0.1) is 0 Å². The second-order valence-corrected chi connectivity index (χ2v) is 8.54. The van der Waals surface area contributed by atoms with Crippen molar-refractivity contribution in [2.45, 2.75) is 30.6 Å². The third-order valence-electron chi connectivity index (χ3n) is 4.26. The zero-order valence-electron chi connectivity index (χ0n) is 14.2. The van der Waals surface area contributed by atoms with E-state index in [1.54, 1.807) is 36.4 Å². The van der Waals surface area contributed by atoms with Crippen LogP contribution in [0.5, 0.6) is 0 Å². The van der Waals surface area contributed by atoms with E-state index in [9.17, 15) is 13.2 Å². The zero-order valence-corrected chi connectivity index (χ0v) is 15.8. The SMILES string of the molecule is O=C(CCc1ccc(S(=O)(=O)N2CCCC2)cc1)Nc1ccc(Cl)cn1. The van der Waals surface area contributed by atoms with E-state index >= 15 is 0 Å². The molecule has 6 nitrogen and oxygen atoms in total. The minimum absolute atomic E-state index is 0.159. The van der Waals surface area contributed by atoms with E-state index in [0.29, 0.717) is 35.2 Å². The predicted octanol–water partition coefficient (Wildman–Crippen LogP) is 3.09. The van der Waals surface area contributed by atoms with Gasteiger partial charge in [0.05, 0.1) is 9.92 Å². The minimum atomic E-state index is -3.40. The molecule has 138 valence electrons. The number of carbonyl (C=O) groups is 1. The molecule has 0 spiro atoms. The molecule has 0 saturated carbocycles. The molecule has 1 N–H and O–H groups in total. The van der Waals surface area contributed by atoms with Crippen LogP contribution in [-0.4, -0.2) is 36.7 Å². The Hall–Kier alpha value is -1.96. The number of amides is 1. The first kappa shape index (κ1) is 18.8. The van der Waals surface area contributed by atoms with E-state index in [-0.39, 0.29) is 12.3 Å². The summed E-state index contributed by atoms with van der Waals surface area (Å²) in [5, 5.41) is 3.21. The molecule has 1 amide bonds. The molecule has 26 heavy (non-hydrogen) atoms. The highest BCUT2D eigenvalue weighted by molar-refractivity contribution is 7.89. The molecule has 1 aromatic carbocycles. The van der Waals surface area contributed by atoms with Gasteiger partial charge in [-0.2, -0.15) is 4.31 Å². The number of rotatable bonds is 6. The molecule has 0 radical (unpaired) electrons. The van der Waals surface area contributed by atoms with Gasteiger partial charge in [0.25, 0.3) is 0 Å². The third kappa shape index (κ3) is 4.60. The first-order chi connectivity index (χ1) is 12.4. The van der Waals surface area contributed by atoms with Gasteiger partial charge in [-0.25, -0.2) is 13.4 Å². The Kier molecular flexibility index (Phi) is 5.90. The largest absolute Gasteiger partial charge is 0.311 e. The first-order valence-corrected chi connectivity index (χ1v) is 10.3. The summed E-state index contributed by atoms with van der Waals surface area (Å²) < 4.78 is 26.5. The predicted molar refractivity (Wildman–Crippen MR) is 101 cm³/mol. The van der Waals surface area contributed by atoms with Crippen LogP contribution in [-0.2, 0) is 21.2 Å². The monoisotopic (exact) mass is 393 g/mol. The summed E-state index contributed by atoms with van der Waals surface area (Å²) in [5.74, 6) is 0.292. The number of anilines is 1. The Morgan fingerprint density at radius 1 is 1.12 bits per heavy atom. The second-order valence-electron chi connectivity index (χ2n) is 6.16. The van der Waals surface area contributed by atoms with E-state index in [4.69, 9.17) is 11.6 Å². The Bertz CT molecular complexity index is 862. The number of pyridine rings is 1. The average molecular weight is 394 g/mol. The van der Waals surface area contributed by atoms with E-state index in [1.165, 1.54) is 10.5 Å². The van der Waals surface area contributed by atoms with Crippen LogP contribution in [0.1, 0.15) is 24.8 Å². The molecule has 3 rings (SSSR count). The van der Waals surface area contributed by atoms with Crippen molar-refractivity contribution >= 4 is 33.3 Å². The van der Waals surface area contributed by atoms with E-state index in [2.05, 4.69) is 10.3 Å². The summed E-state index contributed by atoms with van der Waals surface area (Å²) in [6, 6.07) is 10.0. The fourth-order valence-corrected chi connectivity index (χ4v) is 4.45. The van der Waals surface area contributed by atoms with Gasteiger partial charge in [-0.05, 0) is 49.1 Å². The van der Waals surface area contributed by atoms with Gasteiger partial charge in [0, 0.05) is 25.7 Å². The highest BCUT2D eigenvalue weighted by Gasteiger charge is 2.26. The Balaban J connectivity index is 1.55. The van der Waals surface area contributed by atoms with Crippen LogP contribution in [0.3, 0.4) is 0 Å². The van der Waals surface area contributed by atoms with Crippen molar-refractivity contribution in [3.63, 3.8) is 0 Å². The first-order valence-electron chi connectivity index (χ1n) is 8.46. The van der Waals surface area contributed by atoms with E-state index in [1.807, 2.05) is 0 Å². The van der Waals surface area contributed by atoms with Crippen molar-refractivity contribution in [3.05, 3.63) is 53.2 Å². The lowest BCUT2D eigenvalue weighted by atomic mass is 10.1. The number of halogens is 1.